The molecule has 0 aliphatic carbocycles. The molecule has 3 nitrogen and oxygen atoms in total. The highest BCUT2D eigenvalue weighted by Gasteiger charge is 2.22. The molecule has 4 heteroatoms. The summed E-state index contributed by atoms with van der Waals surface area (Å²) in [7, 11) is 0. The van der Waals surface area contributed by atoms with Gasteiger partial charge < -0.3 is 9.84 Å². The van der Waals surface area contributed by atoms with E-state index in [1.54, 1.807) is 12.1 Å². The van der Waals surface area contributed by atoms with Crippen molar-refractivity contribution in [2.45, 2.75) is 20.0 Å². The van der Waals surface area contributed by atoms with Crippen LogP contribution in [0.25, 0.3) is 0 Å². The summed E-state index contributed by atoms with van der Waals surface area (Å²) < 4.78 is 18.5. The number of carboxylic acids is 1. The number of ether oxygens (including phenoxy) is 1. The van der Waals surface area contributed by atoms with Gasteiger partial charge >= 0.3 is 5.97 Å². The molecule has 0 saturated heterocycles. The number of halogens is 1. The molecule has 2 aromatic rings. The Kier molecular flexibility index (Phi) is 4.03. The predicted octanol–water partition coefficient (Wildman–Crippen LogP) is 3.65. The molecular formula is C16H15FO3. The van der Waals surface area contributed by atoms with Crippen molar-refractivity contribution in [3.63, 3.8) is 0 Å². The van der Waals surface area contributed by atoms with Gasteiger partial charge in [0.2, 0.25) is 6.10 Å². The van der Waals surface area contributed by atoms with Crippen LogP contribution in [0.2, 0.25) is 0 Å². The first kappa shape index (κ1) is 14.1. The molecule has 0 aliphatic rings. The molecule has 20 heavy (non-hydrogen) atoms. The number of benzene rings is 2. The van der Waals surface area contributed by atoms with E-state index in [2.05, 4.69) is 0 Å². The monoisotopic (exact) mass is 274 g/mol. The van der Waals surface area contributed by atoms with E-state index >= 15 is 0 Å². The molecule has 104 valence electrons. The fourth-order valence-corrected chi connectivity index (χ4v) is 1.88. The topological polar surface area (TPSA) is 46.5 Å². The number of hydrogen-bond donors (Lipinski definition) is 1. The van der Waals surface area contributed by atoms with E-state index in [4.69, 9.17) is 4.74 Å². The first-order chi connectivity index (χ1) is 9.49. The molecule has 0 radical (unpaired) electrons. The minimum absolute atomic E-state index is 0.403. The summed E-state index contributed by atoms with van der Waals surface area (Å²) >= 11 is 0. The molecule has 0 amide bonds. The molecular weight excluding hydrogens is 259 g/mol. The van der Waals surface area contributed by atoms with Crippen LogP contribution >= 0.6 is 0 Å². The lowest BCUT2D eigenvalue weighted by Gasteiger charge is -2.17. The second kappa shape index (κ2) is 5.74. The Hall–Kier alpha value is -2.36. The molecule has 0 fully saturated rings. The average Bonchev–Trinajstić information content (AvgIpc) is 2.41. The third-order valence-electron chi connectivity index (χ3n) is 3.20. The van der Waals surface area contributed by atoms with E-state index in [9.17, 15) is 14.3 Å². The van der Waals surface area contributed by atoms with Gasteiger partial charge in [-0.2, -0.15) is 0 Å². The highest BCUT2D eigenvalue weighted by molar-refractivity contribution is 5.75. The molecule has 0 spiro atoms. The minimum atomic E-state index is -1.16. The van der Waals surface area contributed by atoms with Gasteiger partial charge in [0.1, 0.15) is 11.6 Å². The second-order valence-electron chi connectivity index (χ2n) is 4.59. The highest BCUT2D eigenvalue weighted by Crippen LogP contribution is 2.27. The normalized spacial score (nSPS) is 11.9. The summed E-state index contributed by atoms with van der Waals surface area (Å²) in [5.74, 6) is -1.01. The molecule has 1 N–H and O–H groups in total. The predicted molar refractivity (Wildman–Crippen MR) is 73.3 cm³/mol. The highest BCUT2D eigenvalue weighted by atomic mass is 19.1. The second-order valence-corrected chi connectivity index (χ2v) is 4.59. The van der Waals surface area contributed by atoms with Crippen molar-refractivity contribution in [2.75, 3.05) is 0 Å². The number of carbonyl (C=O) groups is 1. The molecule has 0 aromatic heterocycles. The van der Waals surface area contributed by atoms with Crippen LogP contribution in [0, 0.1) is 19.7 Å². The quantitative estimate of drug-likeness (QED) is 0.925. The van der Waals surface area contributed by atoms with Crippen LogP contribution in [0.5, 0.6) is 5.75 Å². The number of rotatable bonds is 4. The maximum Gasteiger partial charge on any atom is 0.349 e. The Morgan fingerprint density at radius 3 is 2.40 bits per heavy atom. The lowest BCUT2D eigenvalue weighted by atomic mass is 10.1. The van der Waals surface area contributed by atoms with Gasteiger partial charge in [-0.25, -0.2) is 9.18 Å². The average molecular weight is 274 g/mol. The summed E-state index contributed by atoms with van der Waals surface area (Å²) in [6.45, 7) is 3.80. The van der Waals surface area contributed by atoms with Gasteiger partial charge in [-0.05, 0) is 43.2 Å². The van der Waals surface area contributed by atoms with E-state index in [1.165, 1.54) is 24.3 Å². The van der Waals surface area contributed by atoms with Crippen LogP contribution in [0.3, 0.4) is 0 Å². The maximum atomic E-state index is 12.9. The summed E-state index contributed by atoms with van der Waals surface area (Å²) in [4.78, 5) is 11.4. The zero-order valence-corrected chi connectivity index (χ0v) is 11.3. The SMILES string of the molecule is Cc1cccc(OC(C(=O)O)c2ccc(F)cc2)c1C. The standard InChI is InChI=1S/C16H15FO3/c1-10-4-3-5-14(11(10)2)20-15(16(18)19)12-6-8-13(17)9-7-12/h3-9,15H,1-2H3,(H,18,19). The fraction of sp³-hybridized carbons (Fsp3) is 0.188. The third kappa shape index (κ3) is 2.96. The lowest BCUT2D eigenvalue weighted by molar-refractivity contribution is -0.145. The summed E-state index contributed by atoms with van der Waals surface area (Å²) in [5, 5.41) is 9.30. The smallest absolute Gasteiger partial charge is 0.349 e. The molecule has 1 unspecified atom stereocenters. The van der Waals surface area contributed by atoms with E-state index in [0.717, 1.165) is 11.1 Å². The van der Waals surface area contributed by atoms with Crippen molar-refractivity contribution in [2.24, 2.45) is 0 Å². The van der Waals surface area contributed by atoms with Crippen molar-refractivity contribution in [3.05, 3.63) is 65.0 Å². The van der Waals surface area contributed by atoms with Gasteiger partial charge in [-0.3, -0.25) is 0 Å². The molecule has 0 heterocycles. The summed E-state index contributed by atoms with van der Waals surface area (Å²) in [5.41, 5.74) is 2.31. The maximum absolute atomic E-state index is 12.9. The Bertz CT molecular complexity index is 620. The van der Waals surface area contributed by atoms with Crippen LogP contribution in [-0.2, 0) is 4.79 Å². The van der Waals surface area contributed by atoms with Crippen LogP contribution in [-0.4, -0.2) is 11.1 Å². The van der Waals surface area contributed by atoms with Crippen molar-refractivity contribution in [3.8, 4) is 5.75 Å². The van der Waals surface area contributed by atoms with Crippen LogP contribution < -0.4 is 4.74 Å². The van der Waals surface area contributed by atoms with Gasteiger partial charge in [0.25, 0.3) is 0 Å². The third-order valence-corrected chi connectivity index (χ3v) is 3.20. The van der Waals surface area contributed by atoms with E-state index in [1.807, 2.05) is 19.9 Å². The van der Waals surface area contributed by atoms with Gasteiger partial charge in [0.15, 0.2) is 0 Å². The van der Waals surface area contributed by atoms with E-state index in [0.29, 0.717) is 11.3 Å². The Labute approximate surface area is 116 Å². The molecule has 0 bridgehead atoms. The zero-order valence-electron chi connectivity index (χ0n) is 11.3. The first-order valence-corrected chi connectivity index (χ1v) is 6.20. The Morgan fingerprint density at radius 2 is 1.80 bits per heavy atom. The van der Waals surface area contributed by atoms with Gasteiger partial charge in [-0.1, -0.05) is 24.3 Å². The largest absolute Gasteiger partial charge is 0.478 e. The first-order valence-electron chi connectivity index (χ1n) is 6.20. The van der Waals surface area contributed by atoms with Gasteiger partial charge in [-0.15, -0.1) is 0 Å². The molecule has 2 aromatic carbocycles. The minimum Gasteiger partial charge on any atom is -0.478 e. The number of aryl methyl sites for hydroxylation is 1. The molecule has 0 saturated carbocycles. The molecule has 0 aliphatic heterocycles. The van der Waals surface area contributed by atoms with Crippen molar-refractivity contribution in [1.29, 1.82) is 0 Å². The lowest BCUT2D eigenvalue weighted by Crippen LogP contribution is -2.18. The van der Waals surface area contributed by atoms with Crippen molar-refractivity contribution in [1.82, 2.24) is 0 Å². The fourth-order valence-electron chi connectivity index (χ4n) is 1.88. The van der Waals surface area contributed by atoms with E-state index < -0.39 is 17.9 Å². The summed E-state index contributed by atoms with van der Waals surface area (Å²) in [6.07, 6.45) is -1.16. The van der Waals surface area contributed by atoms with Gasteiger partial charge in [0.05, 0.1) is 0 Å². The number of aliphatic carboxylic acids is 1. The van der Waals surface area contributed by atoms with E-state index in [-0.39, 0.29) is 0 Å². The van der Waals surface area contributed by atoms with Crippen molar-refractivity contribution < 1.29 is 19.0 Å². The van der Waals surface area contributed by atoms with Gasteiger partial charge in [0, 0.05) is 5.56 Å². The summed E-state index contributed by atoms with van der Waals surface area (Å²) in [6, 6.07) is 10.7. The zero-order chi connectivity index (χ0) is 14.7. The van der Waals surface area contributed by atoms with Crippen LogP contribution in [0.4, 0.5) is 4.39 Å². The number of carboxylic acid groups (broad SMARTS) is 1. The molecule has 1 atom stereocenters. The van der Waals surface area contributed by atoms with Crippen LogP contribution in [0.15, 0.2) is 42.5 Å². The number of hydrogen-bond acceptors (Lipinski definition) is 2. The van der Waals surface area contributed by atoms with Crippen molar-refractivity contribution >= 4 is 5.97 Å². The molecule has 2 rings (SSSR count). The Balaban J connectivity index is 2.33. The Morgan fingerprint density at radius 1 is 1.15 bits per heavy atom. The van der Waals surface area contributed by atoms with Crippen LogP contribution in [0.1, 0.15) is 22.8 Å².